The largest absolute Gasteiger partial charge is 0.379 e. The molecule has 0 fully saturated rings. The van der Waals surface area contributed by atoms with Gasteiger partial charge in [0.05, 0.1) is 26.4 Å². The Morgan fingerprint density at radius 2 is 1.10 bits per heavy atom. The Hall–Kier alpha value is -1.30. The van der Waals surface area contributed by atoms with Crippen molar-refractivity contribution in [1.82, 2.24) is 21.4 Å². The zero-order valence-corrected chi connectivity index (χ0v) is 18.6. The minimum Gasteiger partial charge on any atom is -0.379 e. The summed E-state index contributed by atoms with van der Waals surface area (Å²) in [6.45, 7) is 6.36. The van der Waals surface area contributed by atoms with Gasteiger partial charge in [0.2, 0.25) is 11.8 Å². The fourth-order valence-corrected chi connectivity index (χ4v) is 2.46. The molecule has 0 aliphatic heterocycles. The lowest BCUT2D eigenvalue weighted by molar-refractivity contribution is -0.122. The number of carbonyl (C=O) groups is 2. The van der Waals surface area contributed by atoms with Gasteiger partial charge in [-0.15, -0.1) is 0 Å². The molecule has 0 aromatic rings. The van der Waals surface area contributed by atoms with E-state index in [4.69, 9.17) is 20.1 Å². The zero-order chi connectivity index (χ0) is 22.1. The fourth-order valence-electron chi connectivity index (χ4n) is 2.46. The zero-order valence-electron chi connectivity index (χ0n) is 18.6. The molecule has 6 N–H and O–H groups in total. The van der Waals surface area contributed by atoms with E-state index in [1.807, 2.05) is 7.05 Å². The van der Waals surface area contributed by atoms with Gasteiger partial charge in [0.15, 0.2) is 0 Å². The number of hydrogen-bond acceptors (Lipinski definition) is 8. The molecule has 0 bridgehead atoms. The van der Waals surface area contributed by atoms with Crippen molar-refractivity contribution in [1.29, 1.82) is 0 Å². The van der Waals surface area contributed by atoms with Gasteiger partial charge in [-0.25, -0.2) is 0 Å². The van der Waals surface area contributed by atoms with Gasteiger partial charge in [0.25, 0.3) is 0 Å². The third-order valence-corrected chi connectivity index (χ3v) is 4.12. The van der Waals surface area contributed by atoms with Crippen LogP contribution in [0.4, 0.5) is 0 Å². The first-order chi connectivity index (χ1) is 14.7. The van der Waals surface area contributed by atoms with Crippen LogP contribution in [0.5, 0.6) is 0 Å². The summed E-state index contributed by atoms with van der Waals surface area (Å²) in [5, 5.41) is 8.79. The first kappa shape index (κ1) is 28.7. The molecule has 0 radical (unpaired) electrons. The average Bonchev–Trinajstić information content (AvgIpc) is 2.74. The summed E-state index contributed by atoms with van der Waals surface area (Å²) in [5.74, 6) is 5.14. The summed E-state index contributed by atoms with van der Waals surface area (Å²) in [6, 6.07) is 0. The Morgan fingerprint density at radius 3 is 1.63 bits per heavy atom. The molecule has 0 heterocycles. The Kier molecular flexibility index (Phi) is 22.9. The molecule has 0 atom stereocenters. The molecule has 178 valence electrons. The predicted molar refractivity (Wildman–Crippen MR) is 117 cm³/mol. The molecular formula is C20H43N5O5. The van der Waals surface area contributed by atoms with Gasteiger partial charge < -0.3 is 30.2 Å². The van der Waals surface area contributed by atoms with Crippen molar-refractivity contribution in [3.05, 3.63) is 0 Å². The topological polar surface area (TPSA) is 136 Å². The lowest BCUT2D eigenvalue weighted by Gasteiger charge is -2.08. The second-order valence-electron chi connectivity index (χ2n) is 6.86. The SMILES string of the molecule is CNCCCCNC(=O)CCCC(=O)NCCCOCCOCCOCCCNN. The Morgan fingerprint density at radius 1 is 0.633 bits per heavy atom. The van der Waals surface area contributed by atoms with Crippen molar-refractivity contribution in [2.24, 2.45) is 5.84 Å². The summed E-state index contributed by atoms with van der Waals surface area (Å²) in [7, 11) is 1.91. The Bertz CT molecular complexity index is 402. The summed E-state index contributed by atoms with van der Waals surface area (Å²) >= 11 is 0. The van der Waals surface area contributed by atoms with E-state index >= 15 is 0 Å². The second kappa shape index (κ2) is 24.0. The predicted octanol–water partition coefficient (Wildman–Crippen LogP) is -0.318. The smallest absolute Gasteiger partial charge is 0.220 e. The molecule has 10 nitrogen and oxygen atoms in total. The molecule has 0 aromatic carbocycles. The summed E-state index contributed by atoms with van der Waals surface area (Å²) in [6.07, 6.45) is 4.95. The maximum atomic E-state index is 11.7. The molecule has 30 heavy (non-hydrogen) atoms. The molecule has 0 saturated heterocycles. The molecule has 2 amide bonds. The van der Waals surface area contributed by atoms with Crippen LogP contribution in [0, 0.1) is 0 Å². The van der Waals surface area contributed by atoms with Crippen LogP contribution in [-0.2, 0) is 23.8 Å². The highest BCUT2D eigenvalue weighted by Crippen LogP contribution is 1.96. The van der Waals surface area contributed by atoms with Crippen molar-refractivity contribution in [2.45, 2.75) is 44.9 Å². The molecule has 10 heteroatoms. The van der Waals surface area contributed by atoms with E-state index in [9.17, 15) is 9.59 Å². The maximum absolute atomic E-state index is 11.7. The van der Waals surface area contributed by atoms with Gasteiger partial charge in [-0.3, -0.25) is 20.9 Å². The van der Waals surface area contributed by atoms with Crippen molar-refractivity contribution >= 4 is 11.8 Å². The van der Waals surface area contributed by atoms with Crippen LogP contribution in [0.25, 0.3) is 0 Å². The van der Waals surface area contributed by atoms with Crippen LogP contribution in [0.2, 0.25) is 0 Å². The monoisotopic (exact) mass is 433 g/mol. The van der Waals surface area contributed by atoms with Crippen LogP contribution in [-0.4, -0.2) is 84.7 Å². The first-order valence-corrected chi connectivity index (χ1v) is 11.1. The minimum atomic E-state index is -0.0256. The standard InChI is InChI=1S/C20H43N5O5/c1-22-9-2-3-10-23-19(26)7-4-8-20(27)24-11-5-13-28-15-17-30-18-16-29-14-6-12-25-21/h22,25H,2-18,21H2,1H3,(H,23,26)(H,24,27). The van der Waals surface area contributed by atoms with Gasteiger partial charge >= 0.3 is 0 Å². The van der Waals surface area contributed by atoms with Crippen LogP contribution < -0.4 is 27.2 Å². The fraction of sp³-hybridized carbons (Fsp3) is 0.900. The maximum Gasteiger partial charge on any atom is 0.220 e. The summed E-state index contributed by atoms with van der Waals surface area (Å²) in [5.41, 5.74) is 2.57. The summed E-state index contributed by atoms with van der Waals surface area (Å²) in [4.78, 5) is 23.4. The van der Waals surface area contributed by atoms with Gasteiger partial charge in [0.1, 0.15) is 0 Å². The highest BCUT2D eigenvalue weighted by Gasteiger charge is 2.04. The molecular weight excluding hydrogens is 390 g/mol. The van der Waals surface area contributed by atoms with E-state index in [1.165, 1.54) is 0 Å². The average molecular weight is 434 g/mol. The number of nitrogens with two attached hydrogens (primary N) is 1. The number of hydrogen-bond donors (Lipinski definition) is 5. The number of ether oxygens (including phenoxy) is 3. The Labute approximate surface area is 181 Å². The van der Waals surface area contributed by atoms with Crippen molar-refractivity contribution in [3.8, 4) is 0 Å². The molecule has 0 spiro atoms. The Balaban J connectivity index is 3.25. The van der Waals surface area contributed by atoms with E-state index < -0.39 is 0 Å². The molecule has 0 saturated carbocycles. The minimum absolute atomic E-state index is 0.0123. The van der Waals surface area contributed by atoms with Crippen molar-refractivity contribution in [2.75, 3.05) is 72.9 Å². The molecule has 0 aliphatic rings. The van der Waals surface area contributed by atoms with Crippen LogP contribution >= 0.6 is 0 Å². The molecule has 0 aliphatic carbocycles. The van der Waals surface area contributed by atoms with E-state index in [-0.39, 0.29) is 11.8 Å². The lowest BCUT2D eigenvalue weighted by Crippen LogP contribution is -2.27. The van der Waals surface area contributed by atoms with E-state index in [1.54, 1.807) is 0 Å². The molecule has 0 rings (SSSR count). The van der Waals surface area contributed by atoms with Gasteiger partial charge in [0, 0.05) is 45.7 Å². The summed E-state index contributed by atoms with van der Waals surface area (Å²) < 4.78 is 16.2. The van der Waals surface area contributed by atoms with Gasteiger partial charge in [-0.2, -0.15) is 0 Å². The third kappa shape index (κ3) is 23.0. The highest BCUT2D eigenvalue weighted by molar-refractivity contribution is 5.78. The van der Waals surface area contributed by atoms with Crippen LogP contribution in [0.1, 0.15) is 44.9 Å². The lowest BCUT2D eigenvalue weighted by atomic mass is 10.2. The van der Waals surface area contributed by atoms with E-state index in [0.29, 0.717) is 72.0 Å². The van der Waals surface area contributed by atoms with Crippen LogP contribution in [0.3, 0.4) is 0 Å². The van der Waals surface area contributed by atoms with Gasteiger partial charge in [-0.05, 0) is 45.7 Å². The normalized spacial score (nSPS) is 10.9. The van der Waals surface area contributed by atoms with Crippen LogP contribution in [0.15, 0.2) is 0 Å². The number of nitrogens with one attached hydrogen (secondary N) is 4. The molecule has 0 unspecified atom stereocenters. The number of hydrazine groups is 1. The number of rotatable bonds is 23. The van der Waals surface area contributed by atoms with Gasteiger partial charge in [-0.1, -0.05) is 0 Å². The molecule has 0 aromatic heterocycles. The second-order valence-corrected chi connectivity index (χ2v) is 6.86. The number of amides is 2. The van der Waals surface area contributed by atoms with E-state index in [0.717, 1.165) is 38.8 Å². The quantitative estimate of drug-likeness (QED) is 0.0840. The van der Waals surface area contributed by atoms with Crippen molar-refractivity contribution in [3.63, 3.8) is 0 Å². The highest BCUT2D eigenvalue weighted by atomic mass is 16.5. The third-order valence-electron chi connectivity index (χ3n) is 4.12. The number of carbonyl (C=O) groups excluding carboxylic acids is 2. The number of unbranched alkanes of at least 4 members (excludes halogenated alkanes) is 1. The first-order valence-electron chi connectivity index (χ1n) is 11.1. The van der Waals surface area contributed by atoms with E-state index in [2.05, 4.69) is 21.4 Å². The van der Waals surface area contributed by atoms with Crippen molar-refractivity contribution < 1.29 is 23.8 Å².